The first-order chi connectivity index (χ1) is 7.58. The summed E-state index contributed by atoms with van der Waals surface area (Å²) in [4.78, 5) is 4.21. The van der Waals surface area contributed by atoms with E-state index in [9.17, 15) is 0 Å². The summed E-state index contributed by atoms with van der Waals surface area (Å²) >= 11 is 3.39. The maximum atomic E-state index is 5.89. The van der Waals surface area contributed by atoms with Gasteiger partial charge in [-0.1, -0.05) is 15.9 Å². The Labute approximate surface area is 102 Å². The number of nitrogens with zero attached hydrogens (tertiary/aromatic N) is 2. The lowest BCUT2D eigenvalue weighted by molar-refractivity contribution is -0.482. The summed E-state index contributed by atoms with van der Waals surface area (Å²) in [6.07, 6.45) is -0.109. The number of rotatable bonds is 1. The van der Waals surface area contributed by atoms with Crippen molar-refractivity contribution in [3.05, 3.63) is 28.7 Å². The van der Waals surface area contributed by atoms with Gasteiger partial charge in [-0.2, -0.15) is 4.99 Å². The molecule has 1 aliphatic rings. The zero-order chi connectivity index (χ0) is 11.7. The van der Waals surface area contributed by atoms with Gasteiger partial charge in [-0.3, -0.25) is 5.73 Å². The number of hydrogen-bond donors (Lipinski definition) is 3. The van der Waals surface area contributed by atoms with Crippen LogP contribution >= 0.6 is 15.9 Å². The molecular weight excluding hydrogens is 270 g/mol. The summed E-state index contributed by atoms with van der Waals surface area (Å²) < 4.78 is 2.90. The predicted molar refractivity (Wildman–Crippen MR) is 67.5 cm³/mol. The van der Waals surface area contributed by atoms with Crippen LogP contribution in [0.3, 0.4) is 0 Å². The molecule has 0 fully saturated rings. The number of halogens is 1. The lowest BCUT2D eigenvalue weighted by Crippen LogP contribution is -2.51. The maximum Gasteiger partial charge on any atom is 0.357 e. The molecule has 1 atom stereocenters. The fraction of sp³-hybridized carbons (Fsp3) is 0.200. The lowest BCUT2D eigenvalue weighted by Gasteiger charge is -2.19. The van der Waals surface area contributed by atoms with Crippen LogP contribution in [0.5, 0.6) is 0 Å². The molecule has 0 aliphatic carbocycles. The average Bonchev–Trinajstić information content (AvgIpc) is 2.19. The molecule has 6 heteroatoms. The highest BCUT2D eigenvalue weighted by Crippen LogP contribution is 2.19. The quantitative estimate of drug-likeness (QED) is 0.663. The van der Waals surface area contributed by atoms with Gasteiger partial charge in [0, 0.05) is 4.47 Å². The summed E-state index contributed by atoms with van der Waals surface area (Å²) in [5, 5.41) is 2.81. The molecule has 1 aliphatic heterocycles. The van der Waals surface area contributed by atoms with Gasteiger partial charge in [-0.25, -0.2) is 9.89 Å². The van der Waals surface area contributed by atoms with Gasteiger partial charge in [0.15, 0.2) is 6.17 Å². The summed E-state index contributed by atoms with van der Waals surface area (Å²) in [7, 11) is 0. The Hall–Kier alpha value is -1.56. The van der Waals surface area contributed by atoms with Crippen LogP contribution in [0.2, 0.25) is 0 Å². The predicted octanol–water partition coefficient (Wildman–Crippen LogP) is 0.672. The standard InChI is InChI=1S/C10H12BrN5/c1-6-14-9(12)15-10(13)16(6)8-4-2-7(11)3-5-8/h2-6H,1H3,(H4,12,13,14,15)/p+1. The molecule has 84 valence electrons. The van der Waals surface area contributed by atoms with E-state index in [-0.39, 0.29) is 6.17 Å². The molecule has 0 radical (unpaired) electrons. The number of guanidine groups is 2. The normalized spacial score (nSPS) is 20.4. The van der Waals surface area contributed by atoms with Gasteiger partial charge < -0.3 is 5.73 Å². The number of nitrogens with one attached hydrogen (secondary N) is 1. The molecule has 0 saturated heterocycles. The molecule has 1 heterocycles. The van der Waals surface area contributed by atoms with Crippen LogP contribution in [0.25, 0.3) is 0 Å². The van der Waals surface area contributed by atoms with Crippen molar-refractivity contribution < 1.29 is 4.58 Å². The van der Waals surface area contributed by atoms with Crippen LogP contribution in [-0.2, 0) is 0 Å². The summed E-state index contributed by atoms with van der Waals surface area (Å²) in [5.41, 5.74) is 12.4. The van der Waals surface area contributed by atoms with E-state index in [0.717, 1.165) is 10.2 Å². The summed E-state index contributed by atoms with van der Waals surface area (Å²) in [6.45, 7) is 1.93. The Bertz CT molecular complexity index is 463. The van der Waals surface area contributed by atoms with Crippen molar-refractivity contribution in [2.24, 2.45) is 16.5 Å². The van der Waals surface area contributed by atoms with Crippen molar-refractivity contribution in [1.29, 1.82) is 0 Å². The second kappa shape index (κ2) is 4.13. The van der Waals surface area contributed by atoms with E-state index in [4.69, 9.17) is 11.5 Å². The van der Waals surface area contributed by atoms with Crippen LogP contribution in [-0.4, -0.2) is 22.7 Å². The number of nitrogens with two attached hydrogens (primary N) is 2. The molecule has 0 aromatic heterocycles. The van der Waals surface area contributed by atoms with Gasteiger partial charge in [-0.15, -0.1) is 0 Å². The Balaban J connectivity index is 2.40. The van der Waals surface area contributed by atoms with E-state index in [0.29, 0.717) is 11.9 Å². The van der Waals surface area contributed by atoms with Crippen LogP contribution in [0.4, 0.5) is 5.69 Å². The molecule has 1 unspecified atom stereocenters. The van der Waals surface area contributed by atoms with Crippen molar-refractivity contribution in [2.75, 3.05) is 0 Å². The van der Waals surface area contributed by atoms with E-state index in [1.165, 1.54) is 0 Å². The first kappa shape index (κ1) is 10.9. The first-order valence-electron chi connectivity index (χ1n) is 4.85. The van der Waals surface area contributed by atoms with Crippen molar-refractivity contribution in [3.8, 4) is 0 Å². The molecule has 1 aromatic carbocycles. The molecule has 5 nitrogen and oxygen atoms in total. The highest BCUT2D eigenvalue weighted by atomic mass is 79.9. The minimum Gasteiger partial charge on any atom is -0.357 e. The maximum absolute atomic E-state index is 5.89. The molecule has 0 saturated carbocycles. The fourth-order valence-electron chi connectivity index (χ4n) is 1.64. The highest BCUT2D eigenvalue weighted by Gasteiger charge is 2.23. The molecule has 0 amide bonds. The average molecular weight is 283 g/mol. The third-order valence-electron chi connectivity index (χ3n) is 2.32. The van der Waals surface area contributed by atoms with Crippen LogP contribution in [0, 0.1) is 0 Å². The Morgan fingerprint density at radius 1 is 1.31 bits per heavy atom. The van der Waals surface area contributed by atoms with E-state index in [2.05, 4.69) is 26.2 Å². The van der Waals surface area contributed by atoms with Gasteiger partial charge >= 0.3 is 5.96 Å². The minimum atomic E-state index is -0.109. The summed E-state index contributed by atoms with van der Waals surface area (Å²) in [5.74, 6) is 0.834. The Morgan fingerprint density at radius 3 is 2.50 bits per heavy atom. The smallest absolute Gasteiger partial charge is 0.357 e. The van der Waals surface area contributed by atoms with Gasteiger partial charge in [0.25, 0.3) is 5.96 Å². The third kappa shape index (κ3) is 2.01. The SMILES string of the molecule is CC1N=C(N)NC(N)=[N+]1c1ccc(Br)cc1. The fourth-order valence-corrected chi connectivity index (χ4v) is 1.90. The van der Waals surface area contributed by atoms with E-state index in [1.54, 1.807) is 0 Å². The van der Waals surface area contributed by atoms with Crippen molar-refractivity contribution in [3.63, 3.8) is 0 Å². The molecule has 5 N–H and O–H groups in total. The van der Waals surface area contributed by atoms with Crippen molar-refractivity contribution in [1.82, 2.24) is 5.32 Å². The zero-order valence-corrected chi connectivity index (χ0v) is 10.4. The van der Waals surface area contributed by atoms with E-state index >= 15 is 0 Å². The molecule has 2 rings (SSSR count). The van der Waals surface area contributed by atoms with E-state index < -0.39 is 0 Å². The van der Waals surface area contributed by atoms with Crippen LogP contribution in [0.1, 0.15) is 6.92 Å². The Kier molecular flexibility index (Phi) is 2.82. The topological polar surface area (TPSA) is 79.4 Å². The van der Waals surface area contributed by atoms with Gasteiger partial charge in [0.05, 0.1) is 0 Å². The highest BCUT2D eigenvalue weighted by molar-refractivity contribution is 9.10. The molecule has 0 bridgehead atoms. The number of benzene rings is 1. The van der Waals surface area contributed by atoms with Crippen molar-refractivity contribution in [2.45, 2.75) is 13.1 Å². The van der Waals surface area contributed by atoms with Crippen molar-refractivity contribution >= 4 is 33.5 Å². The molecule has 16 heavy (non-hydrogen) atoms. The number of hydrogen-bond acceptors (Lipinski definition) is 4. The Morgan fingerprint density at radius 2 is 1.94 bits per heavy atom. The van der Waals surface area contributed by atoms with Gasteiger partial charge in [0.1, 0.15) is 5.69 Å². The van der Waals surface area contributed by atoms with Crippen LogP contribution in [0.15, 0.2) is 33.7 Å². The molecular formula is C10H13BrN5+. The van der Waals surface area contributed by atoms with Crippen LogP contribution < -0.4 is 16.8 Å². The zero-order valence-electron chi connectivity index (χ0n) is 8.81. The number of aliphatic imine (C=N–C) groups is 1. The molecule has 0 spiro atoms. The van der Waals surface area contributed by atoms with Gasteiger partial charge in [0.2, 0.25) is 0 Å². The third-order valence-corrected chi connectivity index (χ3v) is 2.85. The molecule has 1 aromatic rings. The largest absolute Gasteiger partial charge is 0.357 e. The van der Waals surface area contributed by atoms with E-state index in [1.807, 2.05) is 35.8 Å². The second-order valence-electron chi connectivity index (χ2n) is 3.50. The summed E-state index contributed by atoms with van der Waals surface area (Å²) in [6, 6.07) is 7.84. The monoisotopic (exact) mass is 282 g/mol. The second-order valence-corrected chi connectivity index (χ2v) is 4.42. The lowest BCUT2D eigenvalue weighted by atomic mass is 10.3. The first-order valence-corrected chi connectivity index (χ1v) is 5.65. The van der Waals surface area contributed by atoms with Gasteiger partial charge in [-0.05, 0) is 31.2 Å². The minimum absolute atomic E-state index is 0.109.